The summed E-state index contributed by atoms with van der Waals surface area (Å²) in [4.78, 5) is 25.1. The van der Waals surface area contributed by atoms with Gasteiger partial charge in [-0.15, -0.1) is 0 Å². The van der Waals surface area contributed by atoms with E-state index < -0.39 is 0 Å². The Morgan fingerprint density at radius 3 is 2.31 bits per heavy atom. The van der Waals surface area contributed by atoms with Crippen molar-refractivity contribution in [3.63, 3.8) is 0 Å². The maximum absolute atomic E-state index is 12.4. The number of aryl methyl sites for hydroxylation is 1. The normalized spacial score (nSPS) is 15.1. The maximum atomic E-state index is 12.4. The molecule has 0 aliphatic carbocycles. The fourth-order valence-electron chi connectivity index (χ4n) is 2.90. The molecule has 2 heterocycles. The van der Waals surface area contributed by atoms with Crippen molar-refractivity contribution in [2.75, 3.05) is 31.1 Å². The van der Waals surface area contributed by atoms with E-state index in [-0.39, 0.29) is 11.3 Å². The summed E-state index contributed by atoms with van der Waals surface area (Å²) in [5.74, 6) is 2.29. The van der Waals surface area contributed by atoms with Gasteiger partial charge in [0, 0.05) is 37.7 Å². The van der Waals surface area contributed by atoms with E-state index in [4.69, 9.17) is 4.74 Å². The molecule has 6 nitrogen and oxygen atoms in total. The number of rotatable bonds is 3. The molecule has 0 N–H and O–H groups in total. The van der Waals surface area contributed by atoms with Gasteiger partial charge in [-0.25, -0.2) is 9.97 Å². The zero-order valence-corrected chi connectivity index (χ0v) is 15.9. The van der Waals surface area contributed by atoms with Gasteiger partial charge in [0.1, 0.15) is 17.9 Å². The zero-order valence-electron chi connectivity index (χ0n) is 15.9. The smallest absolute Gasteiger partial charge is 0.228 e. The highest BCUT2D eigenvalue weighted by atomic mass is 16.5. The summed E-state index contributed by atoms with van der Waals surface area (Å²) < 4.78 is 5.83. The van der Waals surface area contributed by atoms with Gasteiger partial charge < -0.3 is 14.5 Å². The van der Waals surface area contributed by atoms with Crippen LogP contribution in [0.2, 0.25) is 0 Å². The Labute approximate surface area is 154 Å². The molecular formula is C20H26N4O2. The number of benzene rings is 1. The Hall–Kier alpha value is -2.63. The van der Waals surface area contributed by atoms with Crippen LogP contribution in [0.3, 0.4) is 0 Å². The van der Waals surface area contributed by atoms with Gasteiger partial charge in [-0.2, -0.15) is 0 Å². The lowest BCUT2D eigenvalue weighted by molar-refractivity contribution is -0.139. The van der Waals surface area contributed by atoms with Crippen molar-refractivity contribution in [1.29, 1.82) is 0 Å². The molecule has 1 aliphatic rings. The van der Waals surface area contributed by atoms with E-state index in [2.05, 4.69) is 14.9 Å². The lowest BCUT2D eigenvalue weighted by atomic mass is 9.94. The number of aromatic nitrogens is 2. The van der Waals surface area contributed by atoms with Crippen LogP contribution in [0.4, 0.5) is 5.82 Å². The van der Waals surface area contributed by atoms with Crippen LogP contribution < -0.4 is 9.64 Å². The summed E-state index contributed by atoms with van der Waals surface area (Å²) in [6.07, 6.45) is 1.52. The molecule has 26 heavy (non-hydrogen) atoms. The van der Waals surface area contributed by atoms with E-state index in [9.17, 15) is 4.79 Å². The second kappa shape index (κ2) is 7.32. The van der Waals surface area contributed by atoms with Crippen molar-refractivity contribution >= 4 is 11.7 Å². The molecule has 2 aromatic rings. The van der Waals surface area contributed by atoms with Crippen LogP contribution in [0.25, 0.3) is 0 Å². The SMILES string of the molecule is Cc1ccc(Oc2cc(N3CCN(C(=O)C(C)(C)C)CC3)ncn2)cc1. The third-order valence-electron chi connectivity index (χ3n) is 4.40. The molecule has 0 atom stereocenters. The van der Waals surface area contributed by atoms with Crippen LogP contribution in [0.1, 0.15) is 26.3 Å². The summed E-state index contributed by atoms with van der Waals surface area (Å²) >= 11 is 0. The molecule has 0 saturated carbocycles. The Morgan fingerprint density at radius 1 is 1.04 bits per heavy atom. The van der Waals surface area contributed by atoms with Crippen molar-refractivity contribution in [1.82, 2.24) is 14.9 Å². The van der Waals surface area contributed by atoms with Crippen LogP contribution in [-0.4, -0.2) is 47.0 Å². The van der Waals surface area contributed by atoms with Crippen molar-refractivity contribution < 1.29 is 9.53 Å². The Morgan fingerprint density at radius 2 is 1.69 bits per heavy atom. The standard InChI is InChI=1S/C20H26N4O2/c1-15-5-7-16(8-6-15)26-18-13-17(21-14-22-18)23-9-11-24(12-10-23)19(25)20(2,3)4/h5-8,13-14H,9-12H2,1-4H3. The first-order valence-electron chi connectivity index (χ1n) is 8.94. The fraction of sp³-hybridized carbons (Fsp3) is 0.450. The first kappa shape index (κ1) is 18.2. The molecule has 0 unspecified atom stereocenters. The Kier molecular flexibility index (Phi) is 5.11. The second-order valence-electron chi connectivity index (χ2n) is 7.66. The number of nitrogens with zero attached hydrogens (tertiary/aromatic N) is 4. The predicted octanol–water partition coefficient (Wildman–Crippen LogP) is 3.27. The van der Waals surface area contributed by atoms with Gasteiger partial charge in [0.05, 0.1) is 0 Å². The number of piperazine rings is 1. The van der Waals surface area contributed by atoms with Gasteiger partial charge in [0.25, 0.3) is 0 Å². The van der Waals surface area contributed by atoms with E-state index in [1.165, 1.54) is 11.9 Å². The number of hydrogen-bond donors (Lipinski definition) is 0. The van der Waals surface area contributed by atoms with E-state index in [0.29, 0.717) is 19.0 Å². The molecule has 1 aromatic heterocycles. The van der Waals surface area contributed by atoms with Crippen LogP contribution in [0, 0.1) is 12.3 Å². The minimum atomic E-state index is -0.341. The molecule has 0 radical (unpaired) electrons. The number of carbonyl (C=O) groups is 1. The lowest BCUT2D eigenvalue weighted by Crippen LogP contribution is -2.51. The van der Waals surface area contributed by atoms with Gasteiger partial charge in [-0.1, -0.05) is 38.5 Å². The molecule has 6 heteroatoms. The predicted molar refractivity (Wildman–Crippen MR) is 102 cm³/mol. The minimum Gasteiger partial charge on any atom is -0.439 e. The third kappa shape index (κ3) is 4.31. The number of amides is 1. The van der Waals surface area contributed by atoms with Crippen LogP contribution in [0.5, 0.6) is 11.6 Å². The summed E-state index contributed by atoms with van der Waals surface area (Å²) in [6, 6.07) is 9.70. The largest absolute Gasteiger partial charge is 0.439 e. The topological polar surface area (TPSA) is 58.6 Å². The molecule has 0 spiro atoms. The Bertz CT molecular complexity index is 760. The number of carbonyl (C=O) groups excluding carboxylic acids is 1. The molecule has 3 rings (SSSR count). The monoisotopic (exact) mass is 354 g/mol. The maximum Gasteiger partial charge on any atom is 0.228 e. The molecule has 1 saturated heterocycles. The molecular weight excluding hydrogens is 328 g/mol. The molecule has 1 aromatic carbocycles. The van der Waals surface area contributed by atoms with Gasteiger partial charge in [0.15, 0.2) is 0 Å². The fourth-order valence-corrected chi connectivity index (χ4v) is 2.90. The molecule has 0 bridgehead atoms. The first-order valence-corrected chi connectivity index (χ1v) is 8.94. The second-order valence-corrected chi connectivity index (χ2v) is 7.66. The van der Waals surface area contributed by atoms with E-state index in [1.807, 2.05) is 62.9 Å². The highest BCUT2D eigenvalue weighted by Gasteiger charge is 2.30. The van der Waals surface area contributed by atoms with Crippen molar-refractivity contribution in [2.45, 2.75) is 27.7 Å². The van der Waals surface area contributed by atoms with Gasteiger partial charge in [-0.3, -0.25) is 4.79 Å². The van der Waals surface area contributed by atoms with Crippen LogP contribution in [0.15, 0.2) is 36.7 Å². The van der Waals surface area contributed by atoms with Gasteiger partial charge >= 0.3 is 0 Å². The number of ether oxygens (including phenoxy) is 1. The number of hydrogen-bond acceptors (Lipinski definition) is 5. The van der Waals surface area contributed by atoms with Crippen molar-refractivity contribution in [3.8, 4) is 11.6 Å². The highest BCUT2D eigenvalue weighted by molar-refractivity contribution is 5.81. The molecule has 1 fully saturated rings. The molecule has 1 aliphatic heterocycles. The summed E-state index contributed by atoms with van der Waals surface area (Å²) in [7, 11) is 0. The van der Waals surface area contributed by atoms with Crippen molar-refractivity contribution in [3.05, 3.63) is 42.2 Å². The van der Waals surface area contributed by atoms with Gasteiger partial charge in [-0.05, 0) is 19.1 Å². The Balaban J connectivity index is 1.64. The average Bonchev–Trinajstić information content (AvgIpc) is 2.63. The summed E-state index contributed by atoms with van der Waals surface area (Å²) in [5, 5.41) is 0. The quantitative estimate of drug-likeness (QED) is 0.847. The van der Waals surface area contributed by atoms with E-state index in [0.717, 1.165) is 24.7 Å². The van der Waals surface area contributed by atoms with Gasteiger partial charge in [0.2, 0.25) is 11.8 Å². The van der Waals surface area contributed by atoms with E-state index >= 15 is 0 Å². The zero-order chi connectivity index (χ0) is 18.7. The van der Waals surface area contributed by atoms with Crippen LogP contribution >= 0.6 is 0 Å². The lowest BCUT2D eigenvalue weighted by Gasteiger charge is -2.38. The molecule has 138 valence electrons. The average molecular weight is 354 g/mol. The van der Waals surface area contributed by atoms with E-state index in [1.54, 1.807) is 0 Å². The highest BCUT2D eigenvalue weighted by Crippen LogP contribution is 2.24. The summed E-state index contributed by atoms with van der Waals surface area (Å²) in [6.45, 7) is 10.8. The summed E-state index contributed by atoms with van der Waals surface area (Å²) in [5.41, 5.74) is 0.843. The van der Waals surface area contributed by atoms with Crippen molar-refractivity contribution in [2.24, 2.45) is 5.41 Å². The van der Waals surface area contributed by atoms with Crippen LogP contribution in [-0.2, 0) is 4.79 Å². The third-order valence-corrected chi connectivity index (χ3v) is 4.40. The number of anilines is 1. The molecule has 1 amide bonds. The first-order chi connectivity index (χ1) is 12.3. The minimum absolute atomic E-state index is 0.197.